The molecule has 4 fully saturated rings. The molecule has 0 saturated heterocycles. The Hall–Kier alpha value is -14.1. The van der Waals surface area contributed by atoms with Crippen LogP contribution < -0.4 is 5.69 Å². The minimum absolute atomic E-state index is 0.175. The van der Waals surface area contributed by atoms with E-state index < -0.39 is 40.2 Å². The Morgan fingerprint density at radius 1 is 0.376 bits per heavy atom. The van der Waals surface area contributed by atoms with E-state index in [-0.39, 0.29) is 30.1 Å². The van der Waals surface area contributed by atoms with Gasteiger partial charge in [-0.05, 0) is 202 Å². The number of imidazole rings is 1. The first-order chi connectivity index (χ1) is 64.0. The number of phenolic OH excluding ortho intramolecular Hbond substituents is 1. The molecule has 0 radical (unpaired) electrons. The van der Waals surface area contributed by atoms with Crippen LogP contribution in [0.1, 0.15) is 185 Å². The molecule has 4 aliphatic carbocycles. The number of benzene rings is 4. The number of rotatable bonds is 17. The van der Waals surface area contributed by atoms with Gasteiger partial charge in [-0.15, -0.1) is 0 Å². The fraction of sp³-hybridized carbons (Fsp3) is 0.350. The lowest BCUT2D eigenvalue weighted by atomic mass is 9.86. The highest BCUT2D eigenvalue weighted by molar-refractivity contribution is 6.01. The second-order valence-corrected chi connectivity index (χ2v) is 36.9. The van der Waals surface area contributed by atoms with E-state index in [1.807, 2.05) is 143 Å². The fourth-order valence-electron chi connectivity index (χ4n) is 20.6. The number of nitrogens with zero attached hydrogens (tertiary/aromatic N) is 13. The van der Waals surface area contributed by atoms with Crippen LogP contribution in [0.5, 0.6) is 11.5 Å². The van der Waals surface area contributed by atoms with Crippen molar-refractivity contribution in [2.75, 3.05) is 0 Å². The lowest BCUT2D eigenvalue weighted by Crippen LogP contribution is -2.31. The third-order valence-corrected chi connectivity index (χ3v) is 27.3. The first-order valence-electron chi connectivity index (χ1n) is 45.7. The summed E-state index contributed by atoms with van der Waals surface area (Å²) in [6.07, 6.45) is 32.8. The number of carboxylic acid groups (broad SMARTS) is 1. The van der Waals surface area contributed by atoms with Gasteiger partial charge in [0.15, 0.2) is 11.6 Å². The summed E-state index contributed by atoms with van der Waals surface area (Å²) in [6, 6.07) is 28.7. The Labute approximate surface area is 760 Å². The number of hydrogen-bond donors (Lipinski definition) is 6. The molecule has 0 unspecified atom stereocenters. The molecule has 0 amide bonds. The van der Waals surface area contributed by atoms with Crippen LogP contribution in [0.15, 0.2) is 176 Å². The van der Waals surface area contributed by atoms with E-state index in [2.05, 4.69) is 80.8 Å². The van der Waals surface area contributed by atoms with E-state index in [0.717, 1.165) is 233 Å². The number of carbonyl (C=O) groups is 1. The molecule has 4 saturated carbocycles. The van der Waals surface area contributed by atoms with Crippen molar-refractivity contribution in [3.05, 3.63) is 221 Å². The third-order valence-electron chi connectivity index (χ3n) is 27.3. The van der Waals surface area contributed by atoms with Crippen LogP contribution in [-0.2, 0) is 26.2 Å². The van der Waals surface area contributed by atoms with Crippen LogP contribution in [0.2, 0.25) is 0 Å². The van der Waals surface area contributed by atoms with E-state index in [1.165, 1.54) is 24.3 Å². The minimum atomic E-state index is -1.30. The molecule has 0 atom stereocenters. The molecule has 22 rings (SSSR count). The number of H-pyrrole nitrogens is 3. The number of aromatic hydroxyl groups is 2. The van der Waals surface area contributed by atoms with E-state index in [1.54, 1.807) is 24.5 Å². The largest absolute Gasteiger partial charge is 0.507 e. The van der Waals surface area contributed by atoms with Crippen LogP contribution >= 0.6 is 0 Å². The van der Waals surface area contributed by atoms with Crippen molar-refractivity contribution in [1.29, 1.82) is 0 Å². The van der Waals surface area contributed by atoms with Gasteiger partial charge in [0.2, 0.25) is 0 Å². The van der Waals surface area contributed by atoms with E-state index in [9.17, 15) is 29.3 Å². The third kappa shape index (κ3) is 17.6. The van der Waals surface area contributed by atoms with Crippen molar-refractivity contribution >= 4 is 72.0 Å². The van der Waals surface area contributed by atoms with E-state index >= 15 is 17.6 Å². The van der Waals surface area contributed by atoms with Crippen molar-refractivity contribution in [3.8, 4) is 101 Å². The van der Waals surface area contributed by atoms with Crippen molar-refractivity contribution in [1.82, 2.24) is 79.0 Å². The van der Waals surface area contributed by atoms with Gasteiger partial charge >= 0.3 is 11.7 Å². The highest BCUT2D eigenvalue weighted by atomic mass is 19.2. The normalized spacial score (nSPS) is 15.9. The van der Waals surface area contributed by atoms with Gasteiger partial charge in [-0.25, -0.2) is 31.5 Å². The SMILES string of the molecule is Cc1noc(C)c1-c1cnc2c(-c3ccc(C(=O)O)c(O)c3)cn(CC3(F)CCCCC3)c2c1.Cc1noc(C)c1-c1cnc2c(-c3ccc(O)c(F)c3)cn(CC3(F)CCCCC3)c2c1.Cc1noc(C)c1-c1cnc2c(-c3ccc4[nH]c(=O)[nH]c4c3)cn(CC3(F)CCCCC3)c2c1.Cc1noc(C)c1-c1cnc2c(-c3ccc4[nH]ncc4c3)cn(CC3(F)CCCCC3)c2c1. The molecule has 30 heteroatoms. The zero-order valence-corrected chi connectivity index (χ0v) is 75.4. The van der Waals surface area contributed by atoms with Gasteiger partial charge in [-0.2, -0.15) is 5.10 Å². The Bertz CT molecular complexity index is 7430. The van der Waals surface area contributed by atoms with Crippen molar-refractivity contribution < 1.29 is 60.2 Å². The van der Waals surface area contributed by atoms with Crippen LogP contribution in [0.3, 0.4) is 0 Å². The average molecular weight is 1800 g/mol. The van der Waals surface area contributed by atoms with Crippen molar-refractivity contribution in [2.24, 2.45) is 0 Å². The summed E-state index contributed by atoms with van der Waals surface area (Å²) in [4.78, 5) is 47.7. The summed E-state index contributed by atoms with van der Waals surface area (Å²) in [7, 11) is 0. The highest BCUT2D eigenvalue weighted by Crippen LogP contribution is 2.46. The quantitative estimate of drug-likeness (QED) is 0.0461. The van der Waals surface area contributed by atoms with Gasteiger partial charge < -0.3 is 61.6 Å². The van der Waals surface area contributed by atoms with E-state index in [4.69, 9.17) is 33.0 Å². The number of aromatic amines is 3. The number of aromatic carboxylic acids is 1. The summed E-state index contributed by atoms with van der Waals surface area (Å²) < 4.78 is 106. The number of carboxylic acids is 1. The second kappa shape index (κ2) is 35.6. The van der Waals surface area contributed by atoms with Crippen LogP contribution in [0.25, 0.3) is 155 Å². The smallest absolute Gasteiger partial charge is 0.339 e. The average Bonchev–Trinajstić information content (AvgIpc) is 1.60. The van der Waals surface area contributed by atoms with Crippen LogP contribution in [0.4, 0.5) is 22.0 Å². The molecule has 0 aliphatic heterocycles. The summed E-state index contributed by atoms with van der Waals surface area (Å²) in [6.45, 7) is 16.1. The number of phenols is 2. The highest BCUT2D eigenvalue weighted by Gasteiger charge is 2.38. The number of nitrogens with one attached hydrogen (secondary N) is 3. The van der Waals surface area contributed by atoms with E-state index in [0.29, 0.717) is 109 Å². The summed E-state index contributed by atoms with van der Waals surface area (Å²) in [5.74, 6) is 0.218. The second-order valence-electron chi connectivity index (χ2n) is 36.9. The Balaban J connectivity index is 0.000000114. The number of alkyl halides is 4. The standard InChI is InChI=1S/C26H26FN5O2.C26H26FN5O.C26H26FN3O4.C25H25F2N3O2/c1-15-23(16(2)34-31-15)18-11-22-24(28-12-18)19(13-32(22)14-26(27)8-4-3-5-9-26)17-6-7-20-21(10-17)30-25(33)29-20;1-16-24(17(2)33-31-16)20-11-23-25(28-12-20)21(18-6-7-22-19(10-18)13-29-30-22)14-32(23)15-26(27)8-4-3-5-9-26;1-15-23(16(2)34-29-15)18-10-21-24(28-12-18)20(17-6-7-19(25(32)33)22(31)11-17)13-30(21)14-26(27)8-4-3-5-9-26;1-15-23(16(2)32-29-15)18-11-21-24(28-12-18)19(17-6-7-22(31)20(26)10-17)13-30(21)14-25(27)8-4-3-5-9-25/h6-7,10-13H,3-5,8-9,14H2,1-2H3,(H2,29,30,33);6-7,10-14H,3-5,8-9,15H2,1-2H3,(H,29,30);6-7,10-13,31H,3-5,8-9,14H2,1-2H3,(H,32,33);6-7,10-13,31H,3-5,8-9,14H2,1-2H3. The Morgan fingerprint density at radius 2 is 0.692 bits per heavy atom. The summed E-state index contributed by atoms with van der Waals surface area (Å²) in [5.41, 5.74) is 20.1. The maximum Gasteiger partial charge on any atom is 0.339 e. The number of aromatic nitrogens is 16. The number of aryl methyl sites for hydroxylation is 8. The lowest BCUT2D eigenvalue weighted by Gasteiger charge is -2.30. The predicted molar refractivity (Wildman–Crippen MR) is 501 cm³/mol. The monoisotopic (exact) mass is 1800 g/mol. The summed E-state index contributed by atoms with van der Waals surface area (Å²) in [5, 5.41) is 53.5. The number of halogens is 5. The molecule has 25 nitrogen and oxygen atoms in total. The van der Waals surface area contributed by atoms with Crippen LogP contribution in [-0.4, -0.2) is 123 Å². The minimum Gasteiger partial charge on any atom is -0.507 e. The van der Waals surface area contributed by atoms with Gasteiger partial charge in [-0.1, -0.05) is 122 Å². The maximum atomic E-state index is 15.8. The Morgan fingerprint density at radius 3 is 1.02 bits per heavy atom. The first-order valence-corrected chi connectivity index (χ1v) is 45.7. The fourth-order valence-corrected chi connectivity index (χ4v) is 20.6. The zero-order chi connectivity index (χ0) is 92.5. The molecule has 4 aliphatic rings. The molecule has 18 aromatic rings. The summed E-state index contributed by atoms with van der Waals surface area (Å²) >= 11 is 0. The molecule has 0 spiro atoms. The van der Waals surface area contributed by atoms with Gasteiger partial charge in [0, 0.05) is 122 Å². The van der Waals surface area contributed by atoms with Gasteiger partial charge in [-0.3, -0.25) is 25.0 Å². The van der Waals surface area contributed by atoms with Gasteiger partial charge in [0.05, 0.1) is 116 Å². The predicted octanol–water partition coefficient (Wildman–Crippen LogP) is 24.9. The molecule has 14 aromatic heterocycles. The van der Waals surface area contributed by atoms with Crippen LogP contribution in [0, 0.1) is 61.2 Å². The molecular weight excluding hydrogens is 1700 g/mol. The lowest BCUT2D eigenvalue weighted by molar-refractivity contribution is 0.0692. The van der Waals surface area contributed by atoms with Crippen molar-refractivity contribution in [2.45, 2.75) is 233 Å². The topological polar surface area (TPSA) is 330 Å². The Kier molecular flexibility index (Phi) is 23.6. The number of pyridine rings is 4. The molecule has 684 valence electrons. The molecule has 4 aromatic carbocycles. The van der Waals surface area contributed by atoms with Gasteiger partial charge in [0.1, 0.15) is 57.0 Å². The maximum absolute atomic E-state index is 15.8. The molecule has 0 bridgehead atoms. The first kappa shape index (κ1) is 88.2. The zero-order valence-electron chi connectivity index (χ0n) is 75.4. The molecule has 14 heterocycles. The molecule has 133 heavy (non-hydrogen) atoms. The molecule has 6 N–H and O–H groups in total. The molecular formula is C103H103F5N16O9. The van der Waals surface area contributed by atoms with Crippen molar-refractivity contribution in [3.63, 3.8) is 0 Å². The number of fused-ring (bicyclic) bond motifs is 6. The number of hydrogen-bond acceptors (Lipinski definition) is 17. The van der Waals surface area contributed by atoms with Gasteiger partial charge in [0.25, 0.3) is 0 Å².